The molecule has 0 aromatic heterocycles. The van der Waals surface area contributed by atoms with Crippen molar-refractivity contribution in [3.63, 3.8) is 0 Å². The van der Waals surface area contributed by atoms with Gasteiger partial charge in [0.15, 0.2) is 0 Å². The molecule has 6 atom stereocenters. The van der Waals surface area contributed by atoms with Crippen LogP contribution in [-0.4, -0.2) is 7.28 Å². The monoisotopic (exact) mass is 259 g/mol. The maximum Gasteiger partial charge on any atom is 0.120 e. The normalized spacial score (nSPS) is 50.9. The second kappa shape index (κ2) is 5.30. The lowest BCUT2D eigenvalue weighted by Gasteiger charge is -2.29. The Kier molecular flexibility index (Phi) is 4.24. The van der Waals surface area contributed by atoms with Gasteiger partial charge < -0.3 is 0 Å². The van der Waals surface area contributed by atoms with Crippen molar-refractivity contribution in [2.24, 2.45) is 35.5 Å². The van der Waals surface area contributed by atoms with E-state index < -0.39 is 0 Å². The van der Waals surface area contributed by atoms with Crippen molar-refractivity contribution < 1.29 is 0 Å². The molecule has 0 saturated heterocycles. The lowest BCUT2D eigenvalue weighted by atomic mass is 9.45. The molecule has 0 bridgehead atoms. The van der Waals surface area contributed by atoms with Crippen molar-refractivity contribution in [1.29, 1.82) is 0 Å². The Labute approximate surface area is 121 Å². The highest BCUT2D eigenvalue weighted by atomic mass is 14.4. The first-order valence-electron chi connectivity index (χ1n) is 8.29. The summed E-state index contributed by atoms with van der Waals surface area (Å²) in [6.07, 6.45) is 0. The minimum atomic E-state index is 0.751. The Morgan fingerprint density at radius 2 is 0.947 bits per heavy atom. The summed E-state index contributed by atoms with van der Waals surface area (Å²) in [7, 11) is 2.75. The standard InChI is InChI=1S/C18H32B/c1-9-10(2)14(6)17(13(9)5)19-18-15(7)11(3)12(4)16(18)8/h9-10,13-18H,1-8H3. The minimum absolute atomic E-state index is 0.751. The molecule has 0 aromatic carbocycles. The quantitative estimate of drug-likeness (QED) is 0.457. The third kappa shape index (κ3) is 2.32. The van der Waals surface area contributed by atoms with E-state index in [0.29, 0.717) is 0 Å². The molecule has 2 aliphatic carbocycles. The van der Waals surface area contributed by atoms with Crippen LogP contribution in [0.5, 0.6) is 0 Å². The summed E-state index contributed by atoms with van der Waals surface area (Å²) >= 11 is 0. The maximum absolute atomic E-state index is 2.75. The molecule has 0 aliphatic heterocycles. The predicted molar refractivity (Wildman–Crippen MR) is 86.6 cm³/mol. The lowest BCUT2D eigenvalue weighted by molar-refractivity contribution is 0.352. The first kappa shape index (κ1) is 15.2. The van der Waals surface area contributed by atoms with Crippen LogP contribution in [-0.2, 0) is 0 Å². The lowest BCUT2D eigenvalue weighted by Crippen LogP contribution is -2.24. The molecule has 0 N–H and O–H groups in total. The average Bonchev–Trinajstić information content (AvgIpc) is 2.68. The van der Waals surface area contributed by atoms with Crippen LogP contribution in [0.3, 0.4) is 0 Å². The number of rotatable bonds is 2. The fourth-order valence-corrected chi connectivity index (χ4v) is 4.81. The molecule has 0 spiro atoms. The van der Waals surface area contributed by atoms with Crippen molar-refractivity contribution in [1.82, 2.24) is 0 Å². The van der Waals surface area contributed by atoms with Crippen molar-refractivity contribution in [2.45, 2.75) is 67.0 Å². The highest BCUT2D eigenvalue weighted by molar-refractivity contribution is 6.40. The van der Waals surface area contributed by atoms with Gasteiger partial charge in [0.05, 0.1) is 0 Å². The minimum Gasteiger partial charge on any atom is -0.0717 e. The van der Waals surface area contributed by atoms with Gasteiger partial charge in [-0.15, -0.1) is 0 Å². The van der Waals surface area contributed by atoms with Gasteiger partial charge in [-0.25, -0.2) is 0 Å². The van der Waals surface area contributed by atoms with Gasteiger partial charge in [0.1, 0.15) is 7.28 Å². The van der Waals surface area contributed by atoms with E-state index in [9.17, 15) is 0 Å². The first-order valence-corrected chi connectivity index (χ1v) is 8.29. The Hall–Kier alpha value is -0.195. The van der Waals surface area contributed by atoms with Crippen molar-refractivity contribution >= 4 is 7.28 Å². The molecule has 2 rings (SSSR count). The van der Waals surface area contributed by atoms with Crippen LogP contribution < -0.4 is 0 Å². The molecule has 1 radical (unpaired) electrons. The Morgan fingerprint density at radius 3 is 1.32 bits per heavy atom. The molecule has 1 saturated carbocycles. The zero-order chi connectivity index (χ0) is 14.5. The van der Waals surface area contributed by atoms with Gasteiger partial charge in [0.2, 0.25) is 0 Å². The molecular weight excluding hydrogens is 227 g/mol. The maximum atomic E-state index is 2.75. The molecule has 0 heterocycles. The Balaban J connectivity index is 2.11. The van der Waals surface area contributed by atoms with Crippen LogP contribution >= 0.6 is 0 Å². The van der Waals surface area contributed by atoms with Gasteiger partial charge in [-0.1, -0.05) is 64.3 Å². The van der Waals surface area contributed by atoms with E-state index in [1.165, 1.54) is 0 Å². The van der Waals surface area contributed by atoms with E-state index in [2.05, 4.69) is 62.7 Å². The molecule has 0 nitrogen and oxygen atoms in total. The third-order valence-electron chi connectivity index (χ3n) is 7.29. The number of hydrogen-bond acceptors (Lipinski definition) is 0. The summed E-state index contributed by atoms with van der Waals surface area (Å²) in [6.45, 7) is 19.4. The second-order valence-electron chi connectivity index (χ2n) is 7.73. The predicted octanol–water partition coefficient (Wildman–Crippen LogP) is 5.45. The van der Waals surface area contributed by atoms with Gasteiger partial charge in [0.25, 0.3) is 0 Å². The van der Waals surface area contributed by atoms with Crippen LogP contribution in [0.25, 0.3) is 0 Å². The van der Waals surface area contributed by atoms with E-state index in [1.807, 2.05) is 0 Å². The van der Waals surface area contributed by atoms with Crippen LogP contribution in [0.2, 0.25) is 11.6 Å². The Morgan fingerprint density at radius 1 is 0.579 bits per heavy atom. The molecule has 0 aromatic rings. The highest BCUT2D eigenvalue weighted by Gasteiger charge is 2.45. The van der Waals surface area contributed by atoms with Gasteiger partial charge in [0, 0.05) is 0 Å². The van der Waals surface area contributed by atoms with E-state index >= 15 is 0 Å². The molecular formula is C18H32B. The molecule has 0 amide bonds. The molecule has 107 valence electrons. The summed E-state index contributed by atoms with van der Waals surface area (Å²) in [6, 6.07) is 0. The summed E-state index contributed by atoms with van der Waals surface area (Å²) < 4.78 is 0. The van der Waals surface area contributed by atoms with Crippen LogP contribution in [0, 0.1) is 35.5 Å². The van der Waals surface area contributed by atoms with Gasteiger partial charge >= 0.3 is 0 Å². The SMILES string of the molecule is CC1=C(C)C(C)C([B]C2C(C)C(C)C(C)C2C)C1C. The number of hydrogen-bond donors (Lipinski definition) is 0. The zero-order valence-corrected chi connectivity index (χ0v) is 14.2. The van der Waals surface area contributed by atoms with Crippen molar-refractivity contribution in [2.75, 3.05) is 0 Å². The summed E-state index contributed by atoms with van der Waals surface area (Å²) in [5, 5.41) is 0. The van der Waals surface area contributed by atoms with E-state index in [4.69, 9.17) is 0 Å². The summed E-state index contributed by atoms with van der Waals surface area (Å²) in [4.78, 5) is 0. The summed E-state index contributed by atoms with van der Waals surface area (Å²) in [5.41, 5.74) is 3.29. The van der Waals surface area contributed by atoms with E-state index in [1.54, 1.807) is 11.1 Å². The first-order chi connectivity index (χ1) is 8.77. The molecule has 1 fully saturated rings. The second-order valence-corrected chi connectivity index (χ2v) is 7.73. The summed E-state index contributed by atoms with van der Waals surface area (Å²) in [5.74, 6) is 6.54. The van der Waals surface area contributed by atoms with E-state index in [-0.39, 0.29) is 0 Å². The van der Waals surface area contributed by atoms with Crippen LogP contribution in [0.1, 0.15) is 55.4 Å². The fraction of sp³-hybridized carbons (Fsp3) is 0.889. The van der Waals surface area contributed by atoms with E-state index in [0.717, 1.165) is 47.1 Å². The molecule has 19 heavy (non-hydrogen) atoms. The van der Waals surface area contributed by atoms with Crippen LogP contribution in [0.15, 0.2) is 11.1 Å². The van der Waals surface area contributed by atoms with Crippen molar-refractivity contribution in [3.05, 3.63) is 11.1 Å². The smallest absolute Gasteiger partial charge is 0.0717 e. The van der Waals surface area contributed by atoms with Crippen LogP contribution in [0.4, 0.5) is 0 Å². The number of allylic oxidation sites excluding steroid dienone is 2. The fourth-order valence-electron chi connectivity index (χ4n) is 4.81. The zero-order valence-electron chi connectivity index (χ0n) is 14.2. The molecule has 6 unspecified atom stereocenters. The van der Waals surface area contributed by atoms with Gasteiger partial charge in [-0.3, -0.25) is 0 Å². The van der Waals surface area contributed by atoms with Gasteiger partial charge in [-0.2, -0.15) is 0 Å². The average molecular weight is 259 g/mol. The van der Waals surface area contributed by atoms with Crippen molar-refractivity contribution in [3.8, 4) is 0 Å². The third-order valence-corrected chi connectivity index (χ3v) is 7.29. The van der Waals surface area contributed by atoms with Gasteiger partial charge in [-0.05, 0) is 49.4 Å². The Bertz CT molecular complexity index is 338. The molecule has 1 heteroatoms. The highest BCUT2D eigenvalue weighted by Crippen LogP contribution is 2.53. The largest absolute Gasteiger partial charge is 0.120 e. The topological polar surface area (TPSA) is 0 Å². The molecule has 2 aliphatic rings.